The fraction of sp³-hybridized carbons (Fsp3) is 0.579. The van der Waals surface area contributed by atoms with Crippen LogP contribution in [0.5, 0.6) is 0 Å². The van der Waals surface area contributed by atoms with Crippen molar-refractivity contribution in [2.24, 2.45) is 5.16 Å². The molecule has 4 rings (SSSR count). The largest absolute Gasteiger partial charge is 0.543 e. The van der Waals surface area contributed by atoms with Gasteiger partial charge in [0.15, 0.2) is 5.13 Å². The van der Waals surface area contributed by atoms with Crippen molar-refractivity contribution in [2.45, 2.75) is 30.0 Å². The molecule has 0 spiro atoms. The third kappa shape index (κ3) is 4.84. The molecular weight excluding hydrogens is 502 g/mol. The molecule has 1 aromatic heterocycles. The smallest absolute Gasteiger partial charge is 0.278 e. The normalized spacial score (nSPS) is 31.0. The molecule has 2 saturated heterocycles. The first-order chi connectivity index (χ1) is 16.5. The van der Waals surface area contributed by atoms with Crippen LogP contribution in [0.4, 0.5) is 5.13 Å². The number of aliphatic carboxylic acids is 1. The Bertz CT molecular complexity index is 1110. The van der Waals surface area contributed by atoms with Crippen molar-refractivity contribution in [1.29, 1.82) is 0 Å². The van der Waals surface area contributed by atoms with E-state index >= 15 is 0 Å². The highest BCUT2D eigenvalue weighted by molar-refractivity contribution is 8.00. The highest BCUT2D eigenvalue weighted by Gasteiger charge is 2.54. The van der Waals surface area contributed by atoms with Crippen LogP contribution in [-0.4, -0.2) is 116 Å². The molecule has 0 aliphatic carbocycles. The molecule has 35 heavy (non-hydrogen) atoms. The number of fused-ring (bicyclic) bond motifs is 1. The van der Waals surface area contributed by atoms with Crippen LogP contribution in [0.2, 0.25) is 0 Å². The number of likely N-dealkylation sites (tertiary alicyclic amines) is 1. The molecule has 2 fully saturated rings. The number of nitrogens with two attached hydrogens (primary N) is 1. The van der Waals surface area contributed by atoms with E-state index < -0.39 is 41.4 Å². The maximum atomic E-state index is 13.0. The van der Waals surface area contributed by atoms with Crippen LogP contribution in [0.3, 0.4) is 0 Å². The minimum Gasteiger partial charge on any atom is -0.543 e. The first-order valence-electron chi connectivity index (χ1n) is 10.6. The van der Waals surface area contributed by atoms with Crippen molar-refractivity contribution in [3.8, 4) is 0 Å². The first kappa shape index (κ1) is 25.3. The number of carboxylic acids is 1. The summed E-state index contributed by atoms with van der Waals surface area (Å²) in [6.45, 7) is 1.07. The summed E-state index contributed by atoms with van der Waals surface area (Å²) >= 11 is 2.17. The lowest BCUT2D eigenvalue weighted by atomic mass is 9.99. The predicted octanol–water partition coefficient (Wildman–Crippen LogP) is -3.55. The SMILES string of the molecule is CO/N=C(\C(=O)NC1C(=O)N2C(C(=O)[O-])=C(C[N+]3(C)CC[C@H](O)[C@H](O)C3)CS[C@H]12)c1nsc(N)n1. The molecule has 0 aromatic carbocycles. The number of β-lactam (4-membered cyclic amide) rings is 1. The van der Waals surface area contributed by atoms with Crippen molar-refractivity contribution in [2.75, 3.05) is 45.3 Å². The summed E-state index contributed by atoms with van der Waals surface area (Å²) in [4.78, 5) is 47.5. The van der Waals surface area contributed by atoms with E-state index in [1.165, 1.54) is 18.9 Å². The number of nitrogen functional groups attached to an aromatic ring is 1. The van der Waals surface area contributed by atoms with E-state index in [1.54, 1.807) is 0 Å². The van der Waals surface area contributed by atoms with Gasteiger partial charge in [-0.2, -0.15) is 9.36 Å². The molecule has 0 bridgehead atoms. The number of anilines is 1. The zero-order valence-electron chi connectivity index (χ0n) is 18.9. The van der Waals surface area contributed by atoms with Crippen LogP contribution in [0.1, 0.15) is 12.2 Å². The number of nitrogens with one attached hydrogen (secondary N) is 1. The lowest BCUT2D eigenvalue weighted by Gasteiger charge is -2.51. The van der Waals surface area contributed by atoms with E-state index in [1.807, 2.05) is 7.05 Å². The number of aliphatic hydroxyl groups is 2. The lowest BCUT2D eigenvalue weighted by molar-refractivity contribution is -0.914. The van der Waals surface area contributed by atoms with Crippen LogP contribution >= 0.6 is 23.3 Å². The molecule has 2 unspecified atom stereocenters. The topological polar surface area (TPSA) is 203 Å². The average Bonchev–Trinajstić information content (AvgIpc) is 3.23. The molecule has 5 N–H and O–H groups in total. The molecule has 1 aromatic rings. The van der Waals surface area contributed by atoms with E-state index in [9.17, 15) is 29.7 Å². The number of likely N-dealkylation sites (N-methyl/N-ethyl adjacent to an activating group) is 1. The van der Waals surface area contributed by atoms with Gasteiger partial charge in [0.05, 0.1) is 31.4 Å². The summed E-state index contributed by atoms with van der Waals surface area (Å²) in [5.74, 6) is -2.63. The number of oxime groups is 1. The van der Waals surface area contributed by atoms with Gasteiger partial charge in [-0.05, 0) is 0 Å². The monoisotopic (exact) mass is 527 g/mol. The fourth-order valence-corrected chi connectivity index (χ4v) is 6.28. The number of hydrogen-bond donors (Lipinski definition) is 4. The number of amides is 2. The van der Waals surface area contributed by atoms with Crippen LogP contribution in [0, 0.1) is 0 Å². The number of piperidine rings is 1. The fourth-order valence-electron chi connectivity index (χ4n) is 4.51. The number of carboxylic acid groups (broad SMARTS) is 1. The number of hydrogen-bond acceptors (Lipinski definition) is 13. The lowest BCUT2D eigenvalue weighted by Crippen LogP contribution is -2.72. The maximum absolute atomic E-state index is 13.0. The van der Waals surface area contributed by atoms with Crippen molar-refractivity contribution in [1.82, 2.24) is 19.6 Å². The van der Waals surface area contributed by atoms with Crippen molar-refractivity contribution in [3.05, 3.63) is 17.1 Å². The van der Waals surface area contributed by atoms with Gasteiger partial charge in [-0.25, -0.2) is 0 Å². The van der Waals surface area contributed by atoms with Crippen molar-refractivity contribution in [3.63, 3.8) is 0 Å². The van der Waals surface area contributed by atoms with Crippen molar-refractivity contribution < 1.29 is 39.0 Å². The average molecular weight is 528 g/mol. The van der Waals surface area contributed by atoms with Crippen molar-refractivity contribution >= 4 is 51.9 Å². The Labute approximate surface area is 208 Å². The Kier molecular flexibility index (Phi) is 7.01. The van der Waals surface area contributed by atoms with Gasteiger partial charge >= 0.3 is 0 Å². The molecule has 0 saturated carbocycles. The predicted molar refractivity (Wildman–Crippen MR) is 122 cm³/mol. The molecule has 4 heterocycles. The number of aromatic nitrogens is 2. The number of aliphatic hydroxyl groups excluding tert-OH is 2. The van der Waals surface area contributed by atoms with Crippen LogP contribution in [0.15, 0.2) is 16.4 Å². The number of rotatable bonds is 7. The summed E-state index contributed by atoms with van der Waals surface area (Å²) in [5.41, 5.74) is 5.58. The van der Waals surface area contributed by atoms with Gasteiger partial charge in [-0.1, -0.05) is 5.16 Å². The van der Waals surface area contributed by atoms with E-state index in [0.717, 1.165) is 16.4 Å². The van der Waals surface area contributed by atoms with Gasteiger partial charge in [0, 0.05) is 29.3 Å². The third-order valence-electron chi connectivity index (χ3n) is 6.19. The van der Waals surface area contributed by atoms with Gasteiger partial charge in [-0.3, -0.25) is 14.5 Å². The second-order valence-electron chi connectivity index (χ2n) is 8.79. The zero-order chi connectivity index (χ0) is 25.5. The standard InChI is InChI=1S/C19H25N7O7S2/c1-26(4-3-9(27)10(28)6-26)5-8-7-34-17-12(16(30)25(17)13(8)18(31)32)21-15(29)11(23-33-2)14-22-19(20)35-24-14/h9-10,12,17,27-28H,3-7H2,1-2H3,(H3-,20,21,22,24,29,31,32)/b23-11-/t9-,10+,12?,17+,26?/m0/s1. The Balaban J connectivity index is 1.51. The second-order valence-corrected chi connectivity index (χ2v) is 10.7. The summed E-state index contributed by atoms with van der Waals surface area (Å²) in [6, 6.07) is -1.00. The van der Waals surface area contributed by atoms with Gasteiger partial charge in [0.25, 0.3) is 11.8 Å². The quantitative estimate of drug-likeness (QED) is 0.118. The number of thioether (sulfide) groups is 1. The molecule has 190 valence electrons. The summed E-state index contributed by atoms with van der Waals surface area (Å²) in [7, 11) is 3.10. The minimum atomic E-state index is -1.49. The minimum absolute atomic E-state index is 0.0600. The molecule has 0 radical (unpaired) electrons. The molecule has 14 nitrogen and oxygen atoms in total. The summed E-state index contributed by atoms with van der Waals surface area (Å²) in [6.07, 6.45) is -1.35. The van der Waals surface area contributed by atoms with Gasteiger partial charge in [-0.15, -0.1) is 11.8 Å². The number of quaternary nitrogens is 1. The van der Waals surface area contributed by atoms with Crippen LogP contribution in [0.25, 0.3) is 0 Å². The molecule has 3 aliphatic heterocycles. The Morgan fingerprint density at radius 2 is 2.14 bits per heavy atom. The Morgan fingerprint density at radius 1 is 1.40 bits per heavy atom. The second kappa shape index (κ2) is 9.69. The number of carbonyl (C=O) groups excluding carboxylic acids is 3. The summed E-state index contributed by atoms with van der Waals surface area (Å²) in [5, 5.41) is 37.6. The molecule has 3 aliphatic rings. The Hall–Kier alpha value is -2.79. The van der Waals surface area contributed by atoms with Crippen LogP contribution in [-0.2, 0) is 19.2 Å². The van der Waals surface area contributed by atoms with E-state index in [4.69, 9.17) is 10.6 Å². The molecule has 16 heteroatoms. The molecular formula is C19H25N7O7S2. The molecule has 2 amide bonds. The van der Waals surface area contributed by atoms with E-state index in [-0.39, 0.29) is 35.5 Å². The van der Waals surface area contributed by atoms with Gasteiger partial charge in [0.2, 0.25) is 11.5 Å². The molecule has 5 atom stereocenters. The van der Waals surface area contributed by atoms with Gasteiger partial charge < -0.3 is 40.5 Å². The Morgan fingerprint density at radius 3 is 2.74 bits per heavy atom. The third-order valence-corrected chi connectivity index (χ3v) is 8.07. The zero-order valence-corrected chi connectivity index (χ0v) is 20.5. The number of nitrogens with zero attached hydrogens (tertiary/aromatic N) is 5. The van der Waals surface area contributed by atoms with Gasteiger partial charge in [0.1, 0.15) is 37.7 Å². The maximum Gasteiger partial charge on any atom is 0.278 e. The highest BCUT2D eigenvalue weighted by Crippen LogP contribution is 2.41. The first-order valence-corrected chi connectivity index (χ1v) is 12.5. The number of carbonyl (C=O) groups is 3. The summed E-state index contributed by atoms with van der Waals surface area (Å²) < 4.78 is 4.25. The van der Waals surface area contributed by atoms with Crippen LogP contribution < -0.4 is 16.2 Å². The van der Waals surface area contributed by atoms with E-state index in [2.05, 4.69) is 19.8 Å². The highest BCUT2D eigenvalue weighted by atomic mass is 32.2. The van der Waals surface area contributed by atoms with E-state index in [0.29, 0.717) is 28.8 Å².